The van der Waals surface area contributed by atoms with Crippen LogP contribution in [-0.2, 0) is 22.5 Å². The Hall–Kier alpha value is -0.0425. The third-order valence-electron chi connectivity index (χ3n) is 2.43. The van der Waals surface area contributed by atoms with E-state index < -0.39 is 30.9 Å². The first kappa shape index (κ1) is 25.0. The molecule has 0 saturated heterocycles. The first-order chi connectivity index (χ1) is 10.9. The fourth-order valence-electron chi connectivity index (χ4n) is 2.02. The van der Waals surface area contributed by atoms with Crippen molar-refractivity contribution in [3.05, 3.63) is 12.2 Å². The van der Waals surface area contributed by atoms with Gasteiger partial charge in [0.25, 0.3) is 5.97 Å². The van der Waals surface area contributed by atoms with E-state index in [-0.39, 0.29) is 15.7 Å². The zero-order chi connectivity index (χ0) is 20.1. The number of carbonyl (C=O) groups is 1. The molecule has 0 aromatic rings. The minimum atomic E-state index is -1.92. The van der Waals surface area contributed by atoms with Gasteiger partial charge in [-0.25, -0.2) is 4.79 Å². The van der Waals surface area contributed by atoms with Gasteiger partial charge in [0.15, 0.2) is 25.0 Å². The number of hydrogen-bond donors (Lipinski definition) is 0. The van der Waals surface area contributed by atoms with Gasteiger partial charge < -0.3 is 17.7 Å². The average Bonchev–Trinajstić information content (AvgIpc) is 2.27. The Balaban J connectivity index is 5.30. The summed E-state index contributed by atoms with van der Waals surface area (Å²) < 4.78 is 24.6. The van der Waals surface area contributed by atoms with E-state index in [0.29, 0.717) is 18.0 Å². The van der Waals surface area contributed by atoms with Crippen molar-refractivity contribution in [1.82, 2.24) is 0 Å². The molecule has 25 heavy (non-hydrogen) atoms. The van der Waals surface area contributed by atoms with Crippen LogP contribution in [-0.4, -0.2) is 46.7 Å². The molecule has 0 bridgehead atoms. The van der Waals surface area contributed by atoms with Crippen LogP contribution in [0.2, 0.25) is 65.0 Å². The molecule has 0 amide bonds. The van der Waals surface area contributed by atoms with Crippen molar-refractivity contribution in [3.63, 3.8) is 0 Å². The van der Waals surface area contributed by atoms with Crippen molar-refractivity contribution in [3.8, 4) is 0 Å². The summed E-state index contributed by atoms with van der Waals surface area (Å²) in [5.74, 6) is -1.39. The number of rotatable bonds is 11. The normalized spacial score (nSPS) is 13.7. The molecule has 0 heterocycles. The molecule has 0 aromatic carbocycles. The third kappa shape index (κ3) is 12.9. The van der Waals surface area contributed by atoms with Crippen LogP contribution in [0.5, 0.6) is 0 Å². The van der Waals surface area contributed by atoms with Gasteiger partial charge in [0, 0.05) is 12.0 Å². The van der Waals surface area contributed by atoms with E-state index in [1.807, 2.05) is 0 Å². The maximum atomic E-state index is 11.6. The highest BCUT2D eigenvalue weighted by Crippen LogP contribution is 2.33. The Labute approximate surface area is 159 Å². The lowest BCUT2D eigenvalue weighted by Gasteiger charge is -2.45. The van der Waals surface area contributed by atoms with Crippen molar-refractivity contribution >= 4 is 40.7 Å². The lowest BCUT2D eigenvalue weighted by Crippen LogP contribution is -2.56. The second kappa shape index (κ2) is 9.24. The van der Waals surface area contributed by atoms with Crippen LogP contribution in [0.15, 0.2) is 12.2 Å². The fraction of sp³-hybridized carbons (Fsp3) is 0.812. The van der Waals surface area contributed by atoms with Crippen molar-refractivity contribution in [2.75, 3.05) is 0 Å². The minimum absolute atomic E-state index is 0.0342. The Morgan fingerprint density at radius 2 is 1.24 bits per heavy atom. The molecule has 0 aliphatic heterocycles. The van der Waals surface area contributed by atoms with Gasteiger partial charge in [0.1, 0.15) is 0 Å². The summed E-state index contributed by atoms with van der Waals surface area (Å²) in [5, 5.41) is 0. The molecular weight excluding hydrogens is 385 g/mol. The summed E-state index contributed by atoms with van der Waals surface area (Å²) in [6, 6.07) is 0.637. The van der Waals surface area contributed by atoms with Crippen molar-refractivity contribution in [1.29, 1.82) is 0 Å². The Morgan fingerprint density at radius 3 is 1.52 bits per heavy atom. The maximum absolute atomic E-state index is 11.6. The van der Waals surface area contributed by atoms with E-state index in [9.17, 15) is 4.79 Å². The second-order valence-corrected chi connectivity index (χ2v) is 23.4. The van der Waals surface area contributed by atoms with E-state index in [0.717, 1.165) is 0 Å². The topological polar surface area (TPSA) is 54.0 Å². The predicted octanol–water partition coefficient (Wildman–Crippen LogP) is 4.74. The predicted molar refractivity (Wildman–Crippen MR) is 112 cm³/mol. The Kier molecular flexibility index (Phi) is 9.23. The van der Waals surface area contributed by atoms with Gasteiger partial charge in [0.2, 0.25) is 0 Å². The zero-order valence-electron chi connectivity index (χ0n) is 17.7. The highest BCUT2D eigenvalue weighted by molar-refractivity contribution is 6.72. The van der Waals surface area contributed by atoms with Gasteiger partial charge in [-0.3, -0.25) is 0 Å². The zero-order valence-corrected chi connectivity index (χ0v) is 21.7. The summed E-state index contributed by atoms with van der Waals surface area (Å²) in [6.07, 6.45) is 0.549. The number of carbonyl (C=O) groups excluding carboxylic acids is 1. The van der Waals surface area contributed by atoms with Crippen LogP contribution in [0.25, 0.3) is 0 Å². The van der Waals surface area contributed by atoms with Gasteiger partial charge >= 0.3 is 15.7 Å². The molecule has 0 spiro atoms. The lowest BCUT2D eigenvalue weighted by molar-refractivity contribution is -0.271. The van der Waals surface area contributed by atoms with Crippen molar-refractivity contribution in [2.45, 2.75) is 84.3 Å². The Morgan fingerprint density at radius 1 is 0.880 bits per heavy atom. The quantitative estimate of drug-likeness (QED) is 0.209. The Bertz CT molecular complexity index is 420. The van der Waals surface area contributed by atoms with Crippen molar-refractivity contribution < 1.29 is 22.5 Å². The summed E-state index contributed by atoms with van der Waals surface area (Å²) in [7, 11) is -5.72. The third-order valence-corrected chi connectivity index (χ3v) is 5.99. The smallest absolute Gasteiger partial charge is 0.319 e. The molecule has 0 aliphatic carbocycles. The molecule has 0 saturated carbocycles. The van der Waals surface area contributed by atoms with Gasteiger partial charge in [-0.2, -0.15) is 0 Å². The number of hydrogen-bond acceptors (Lipinski definition) is 5. The van der Waals surface area contributed by atoms with Gasteiger partial charge in [-0.15, -0.1) is 0 Å². The van der Waals surface area contributed by atoms with E-state index in [2.05, 4.69) is 65.5 Å². The first-order valence-electron chi connectivity index (χ1n) is 8.65. The summed E-state index contributed by atoms with van der Waals surface area (Å²) >= 11 is 0. The van der Waals surface area contributed by atoms with Crippen LogP contribution < -0.4 is 0 Å². The summed E-state index contributed by atoms with van der Waals surface area (Å²) in [4.78, 5) is 11.6. The molecule has 9 heteroatoms. The average molecular weight is 421 g/mol. The minimum Gasteiger partial charge on any atom is -0.513 e. The molecule has 0 aliphatic rings. The highest BCUT2D eigenvalue weighted by atomic mass is 28.4. The monoisotopic (exact) mass is 420 g/mol. The van der Waals surface area contributed by atoms with Crippen LogP contribution >= 0.6 is 0 Å². The summed E-state index contributed by atoms with van der Waals surface area (Å²) in [6.45, 7) is 24.4. The van der Waals surface area contributed by atoms with Gasteiger partial charge in [-0.1, -0.05) is 6.58 Å². The van der Waals surface area contributed by atoms with E-state index in [1.54, 1.807) is 6.92 Å². The molecule has 146 valence electrons. The summed E-state index contributed by atoms with van der Waals surface area (Å²) in [5.41, 5.74) is 0.411. The molecule has 0 unspecified atom stereocenters. The van der Waals surface area contributed by atoms with Crippen molar-refractivity contribution in [2.24, 2.45) is 0 Å². The first-order valence-corrected chi connectivity index (χ1v) is 20.0. The molecule has 0 rings (SSSR count). The van der Waals surface area contributed by atoms with Gasteiger partial charge in [0.05, 0.1) is 0 Å². The molecule has 0 atom stereocenters. The van der Waals surface area contributed by atoms with E-state index in [1.165, 1.54) is 0 Å². The van der Waals surface area contributed by atoms with E-state index in [4.69, 9.17) is 17.7 Å². The standard InChI is InChI=1S/C16H36O5Si4/c1-14(2)15(17)18-22-13-12-16(19-23(3,4)5,20-24(6,7)8)21-25(9,10)11/h1,12-13H2,2-11H3. The van der Waals surface area contributed by atoms with Crippen LogP contribution in [0, 0.1) is 0 Å². The molecule has 0 N–H and O–H groups in total. The van der Waals surface area contributed by atoms with E-state index >= 15 is 0 Å². The highest BCUT2D eigenvalue weighted by Gasteiger charge is 2.44. The maximum Gasteiger partial charge on any atom is 0.319 e. The molecule has 0 aromatic heterocycles. The van der Waals surface area contributed by atoms with Crippen LogP contribution in [0.1, 0.15) is 13.3 Å². The molecule has 0 fully saturated rings. The molecule has 5 nitrogen and oxygen atoms in total. The largest absolute Gasteiger partial charge is 0.513 e. The second-order valence-electron chi connectivity index (χ2n) is 9.14. The van der Waals surface area contributed by atoms with Crippen LogP contribution in [0.3, 0.4) is 0 Å². The SMILES string of the molecule is C=C(C)C(=O)O[Si]CCC(O[Si](C)(C)C)(O[Si](C)(C)C)O[Si](C)(C)C. The molecule has 2 radical (unpaired) electrons. The fourth-order valence-corrected chi connectivity index (χ4v) is 6.44. The van der Waals surface area contributed by atoms with Gasteiger partial charge in [-0.05, 0) is 71.9 Å². The lowest BCUT2D eigenvalue weighted by atomic mass is 10.4. The molecular formula is C16H36O5Si4. The van der Waals surface area contributed by atoms with Crippen LogP contribution in [0.4, 0.5) is 0 Å².